The molecule has 0 heterocycles. The van der Waals surface area contributed by atoms with Crippen LogP contribution in [0.1, 0.15) is 33.6 Å². The van der Waals surface area contributed by atoms with Gasteiger partial charge in [0.1, 0.15) is 5.41 Å². The molecule has 6 heteroatoms. The van der Waals surface area contributed by atoms with Crippen LogP contribution >= 0.6 is 0 Å². The van der Waals surface area contributed by atoms with Crippen LogP contribution in [0.15, 0.2) is 18.2 Å². The molecule has 1 aliphatic carbocycles. The van der Waals surface area contributed by atoms with E-state index in [0.29, 0.717) is 30.0 Å². The first kappa shape index (κ1) is 17.1. The molecule has 0 radical (unpaired) electrons. The Hall–Kier alpha value is -2.24. The smallest absolute Gasteiger partial charge is 0.240 e. The van der Waals surface area contributed by atoms with E-state index in [1.165, 1.54) is 7.11 Å². The zero-order valence-electron chi connectivity index (χ0n) is 14.3. The second-order valence-corrected chi connectivity index (χ2v) is 6.81. The summed E-state index contributed by atoms with van der Waals surface area (Å²) in [7, 11) is 3.08. The molecule has 1 fully saturated rings. The zero-order chi connectivity index (χ0) is 17.3. The predicted octanol–water partition coefficient (Wildman–Crippen LogP) is 2.34. The minimum Gasteiger partial charge on any atom is -0.493 e. The fourth-order valence-electron chi connectivity index (χ4n) is 2.31. The fraction of sp³-hybridized carbons (Fsp3) is 0.529. The van der Waals surface area contributed by atoms with Crippen molar-refractivity contribution in [3.63, 3.8) is 0 Å². The highest BCUT2D eigenvalue weighted by Gasteiger charge is 2.57. The van der Waals surface area contributed by atoms with E-state index in [0.717, 1.165) is 0 Å². The number of anilines is 1. The number of nitrogens with one attached hydrogen (secondary N) is 2. The van der Waals surface area contributed by atoms with Gasteiger partial charge in [0.15, 0.2) is 11.5 Å². The second-order valence-electron chi connectivity index (χ2n) is 6.81. The highest BCUT2D eigenvalue weighted by molar-refractivity contribution is 6.13. The van der Waals surface area contributed by atoms with Gasteiger partial charge in [0.2, 0.25) is 11.8 Å². The number of hydrogen-bond acceptors (Lipinski definition) is 4. The van der Waals surface area contributed by atoms with E-state index < -0.39 is 5.41 Å². The molecule has 0 atom stereocenters. The van der Waals surface area contributed by atoms with Gasteiger partial charge in [-0.05, 0) is 45.7 Å². The number of ether oxygens (including phenoxy) is 2. The molecular weight excluding hydrogens is 296 g/mol. The van der Waals surface area contributed by atoms with Gasteiger partial charge in [0, 0.05) is 17.3 Å². The molecule has 0 unspecified atom stereocenters. The standard InChI is InChI=1S/C17H24N2O4/c1-16(2,3)19-15(21)17(8-9-17)14(20)18-11-6-7-12(22-4)13(10-11)23-5/h6-7,10H,8-9H2,1-5H3,(H,18,20)(H,19,21). The van der Waals surface area contributed by atoms with Gasteiger partial charge >= 0.3 is 0 Å². The van der Waals surface area contributed by atoms with Crippen LogP contribution in [0, 0.1) is 5.41 Å². The summed E-state index contributed by atoms with van der Waals surface area (Å²) in [5, 5.41) is 5.69. The fourth-order valence-corrected chi connectivity index (χ4v) is 2.31. The van der Waals surface area contributed by atoms with E-state index in [1.807, 2.05) is 20.8 Å². The van der Waals surface area contributed by atoms with Crippen LogP contribution in [-0.4, -0.2) is 31.6 Å². The SMILES string of the molecule is COc1ccc(NC(=O)C2(C(=O)NC(C)(C)C)CC2)cc1OC. The highest BCUT2D eigenvalue weighted by Crippen LogP contribution is 2.47. The molecule has 0 aliphatic heterocycles. The summed E-state index contributed by atoms with van der Waals surface area (Å²) in [5.41, 5.74) is -0.751. The van der Waals surface area contributed by atoms with Crippen LogP contribution < -0.4 is 20.1 Å². The Labute approximate surface area is 136 Å². The van der Waals surface area contributed by atoms with Crippen molar-refractivity contribution in [2.24, 2.45) is 5.41 Å². The molecule has 1 aromatic carbocycles. The van der Waals surface area contributed by atoms with Crippen molar-refractivity contribution in [2.45, 2.75) is 39.2 Å². The summed E-state index contributed by atoms with van der Waals surface area (Å²) in [5.74, 6) is 0.598. The van der Waals surface area contributed by atoms with Crippen molar-refractivity contribution in [1.82, 2.24) is 5.32 Å². The number of amides is 2. The molecular formula is C17H24N2O4. The second kappa shape index (κ2) is 6.10. The van der Waals surface area contributed by atoms with E-state index in [2.05, 4.69) is 10.6 Å². The van der Waals surface area contributed by atoms with Crippen molar-refractivity contribution < 1.29 is 19.1 Å². The Bertz CT molecular complexity index is 616. The number of hydrogen-bond donors (Lipinski definition) is 2. The van der Waals surface area contributed by atoms with Crippen LogP contribution in [0.4, 0.5) is 5.69 Å². The van der Waals surface area contributed by atoms with E-state index in [9.17, 15) is 9.59 Å². The average Bonchev–Trinajstić information content (AvgIpc) is 3.27. The summed E-state index contributed by atoms with van der Waals surface area (Å²) in [6.45, 7) is 5.69. The molecule has 126 valence electrons. The van der Waals surface area contributed by atoms with Gasteiger partial charge in [-0.1, -0.05) is 0 Å². The van der Waals surface area contributed by atoms with Gasteiger partial charge in [0.05, 0.1) is 14.2 Å². The molecule has 2 amide bonds. The van der Waals surface area contributed by atoms with Crippen LogP contribution in [0.2, 0.25) is 0 Å². The molecule has 0 aromatic heterocycles. The van der Waals surface area contributed by atoms with Crippen molar-refractivity contribution in [2.75, 3.05) is 19.5 Å². The highest BCUT2D eigenvalue weighted by atomic mass is 16.5. The summed E-state index contributed by atoms with van der Waals surface area (Å²) in [6.07, 6.45) is 1.13. The average molecular weight is 320 g/mol. The number of methoxy groups -OCH3 is 2. The molecule has 2 rings (SSSR count). The molecule has 23 heavy (non-hydrogen) atoms. The number of rotatable bonds is 5. The lowest BCUT2D eigenvalue weighted by Gasteiger charge is -2.24. The third-order valence-corrected chi connectivity index (χ3v) is 3.75. The quantitative estimate of drug-likeness (QED) is 0.817. The van der Waals surface area contributed by atoms with E-state index in [4.69, 9.17) is 9.47 Å². The maximum Gasteiger partial charge on any atom is 0.240 e. The van der Waals surface area contributed by atoms with Crippen LogP contribution in [0.25, 0.3) is 0 Å². The third-order valence-electron chi connectivity index (χ3n) is 3.75. The van der Waals surface area contributed by atoms with E-state index >= 15 is 0 Å². The van der Waals surface area contributed by atoms with Gasteiger partial charge in [-0.2, -0.15) is 0 Å². The van der Waals surface area contributed by atoms with Gasteiger partial charge in [0.25, 0.3) is 0 Å². The molecule has 2 N–H and O–H groups in total. The number of carbonyl (C=O) groups excluding carboxylic acids is 2. The van der Waals surface area contributed by atoms with Gasteiger partial charge in [-0.3, -0.25) is 9.59 Å². The number of benzene rings is 1. The minimum atomic E-state index is -0.958. The molecule has 1 aliphatic rings. The maximum atomic E-state index is 12.5. The predicted molar refractivity (Wildman–Crippen MR) is 87.7 cm³/mol. The lowest BCUT2D eigenvalue weighted by Crippen LogP contribution is -2.48. The van der Waals surface area contributed by atoms with Crippen molar-refractivity contribution in [3.05, 3.63) is 18.2 Å². The topological polar surface area (TPSA) is 76.7 Å². The Morgan fingerprint density at radius 3 is 2.13 bits per heavy atom. The molecule has 0 saturated heterocycles. The summed E-state index contributed by atoms with van der Waals surface area (Å²) >= 11 is 0. The first-order chi connectivity index (χ1) is 10.7. The summed E-state index contributed by atoms with van der Waals surface area (Å²) in [4.78, 5) is 24.9. The molecule has 1 aromatic rings. The lowest BCUT2D eigenvalue weighted by atomic mass is 10.0. The summed E-state index contributed by atoms with van der Waals surface area (Å²) in [6, 6.07) is 5.11. The molecule has 0 spiro atoms. The van der Waals surface area contributed by atoms with Crippen molar-refractivity contribution in [3.8, 4) is 11.5 Å². The van der Waals surface area contributed by atoms with Crippen LogP contribution in [0.3, 0.4) is 0 Å². The van der Waals surface area contributed by atoms with Gasteiger partial charge < -0.3 is 20.1 Å². The van der Waals surface area contributed by atoms with Crippen molar-refractivity contribution in [1.29, 1.82) is 0 Å². The van der Waals surface area contributed by atoms with Gasteiger partial charge in [-0.25, -0.2) is 0 Å². The van der Waals surface area contributed by atoms with E-state index in [1.54, 1.807) is 25.3 Å². The minimum absolute atomic E-state index is 0.219. The summed E-state index contributed by atoms with van der Waals surface area (Å²) < 4.78 is 10.4. The van der Waals surface area contributed by atoms with Crippen LogP contribution in [0.5, 0.6) is 11.5 Å². The van der Waals surface area contributed by atoms with Crippen LogP contribution in [-0.2, 0) is 9.59 Å². The molecule has 0 bridgehead atoms. The number of carbonyl (C=O) groups is 2. The monoisotopic (exact) mass is 320 g/mol. The lowest BCUT2D eigenvalue weighted by molar-refractivity contribution is -0.135. The Morgan fingerprint density at radius 1 is 1.04 bits per heavy atom. The zero-order valence-corrected chi connectivity index (χ0v) is 14.3. The first-order valence-electron chi connectivity index (χ1n) is 7.58. The largest absolute Gasteiger partial charge is 0.493 e. The van der Waals surface area contributed by atoms with Gasteiger partial charge in [-0.15, -0.1) is 0 Å². The molecule has 6 nitrogen and oxygen atoms in total. The van der Waals surface area contributed by atoms with E-state index in [-0.39, 0.29) is 17.4 Å². The first-order valence-corrected chi connectivity index (χ1v) is 7.58. The maximum absolute atomic E-state index is 12.5. The van der Waals surface area contributed by atoms with Crippen molar-refractivity contribution >= 4 is 17.5 Å². The third kappa shape index (κ3) is 3.75. The normalized spacial score (nSPS) is 15.5. The Kier molecular flexibility index (Phi) is 4.54. The Morgan fingerprint density at radius 2 is 1.65 bits per heavy atom. The molecule has 1 saturated carbocycles. The Balaban J connectivity index is 2.11.